The third-order valence-electron chi connectivity index (χ3n) is 6.71. The molecular formula is C28H31ClF3N3O. The molecule has 36 heavy (non-hydrogen) atoms. The van der Waals surface area contributed by atoms with Crippen molar-refractivity contribution in [2.45, 2.75) is 25.1 Å². The van der Waals surface area contributed by atoms with E-state index in [1.807, 2.05) is 30.5 Å². The summed E-state index contributed by atoms with van der Waals surface area (Å²) in [6.45, 7) is 3.56. The largest absolute Gasteiger partial charge is 0.492 e. The Hall–Kier alpha value is -2.61. The Kier molecular flexibility index (Phi) is 8.88. The zero-order chi connectivity index (χ0) is 25.5. The summed E-state index contributed by atoms with van der Waals surface area (Å²) in [5.74, 6) is 0.418. The van der Waals surface area contributed by atoms with Crippen LogP contribution in [-0.2, 0) is 6.18 Å². The van der Waals surface area contributed by atoms with Crippen LogP contribution in [0.3, 0.4) is 0 Å². The van der Waals surface area contributed by atoms with Crippen molar-refractivity contribution in [3.63, 3.8) is 0 Å². The number of piperidine rings is 1. The Morgan fingerprint density at radius 1 is 1.03 bits per heavy atom. The Bertz CT molecular complexity index is 1090. The molecule has 2 aromatic carbocycles. The summed E-state index contributed by atoms with van der Waals surface area (Å²) >= 11 is 6.12. The highest BCUT2D eigenvalue weighted by Gasteiger charge is 2.34. The van der Waals surface area contributed by atoms with Crippen LogP contribution in [0, 0.1) is 5.92 Å². The molecule has 8 heteroatoms. The van der Waals surface area contributed by atoms with E-state index in [1.165, 1.54) is 12.1 Å². The minimum Gasteiger partial charge on any atom is -0.492 e. The van der Waals surface area contributed by atoms with Crippen molar-refractivity contribution in [3.05, 3.63) is 94.8 Å². The number of halogens is 4. The number of likely N-dealkylation sites (tertiary alicyclic amines) is 1. The molecule has 0 unspecified atom stereocenters. The summed E-state index contributed by atoms with van der Waals surface area (Å²) in [4.78, 5) is 9.23. The lowest BCUT2D eigenvalue weighted by molar-refractivity contribution is -0.139. The van der Waals surface area contributed by atoms with Crippen molar-refractivity contribution in [2.75, 3.05) is 39.8 Å². The van der Waals surface area contributed by atoms with Crippen LogP contribution in [0.5, 0.6) is 5.75 Å². The predicted molar refractivity (Wildman–Crippen MR) is 136 cm³/mol. The third kappa shape index (κ3) is 6.99. The van der Waals surface area contributed by atoms with Gasteiger partial charge in [-0.2, -0.15) is 13.2 Å². The van der Waals surface area contributed by atoms with Gasteiger partial charge in [-0.1, -0.05) is 41.9 Å². The molecule has 1 fully saturated rings. The molecular weight excluding hydrogens is 487 g/mol. The highest BCUT2D eigenvalue weighted by atomic mass is 35.5. The summed E-state index contributed by atoms with van der Waals surface area (Å²) in [6, 6.07) is 19.3. The first-order valence-corrected chi connectivity index (χ1v) is 12.6. The number of aromatic nitrogens is 1. The Balaban J connectivity index is 1.29. The van der Waals surface area contributed by atoms with Crippen LogP contribution in [0.1, 0.15) is 35.7 Å². The van der Waals surface area contributed by atoms with Crippen molar-refractivity contribution in [3.8, 4) is 5.75 Å². The van der Waals surface area contributed by atoms with Gasteiger partial charge in [0.15, 0.2) is 0 Å². The second kappa shape index (κ2) is 12.1. The van der Waals surface area contributed by atoms with Gasteiger partial charge in [0.2, 0.25) is 0 Å². The normalized spacial score (nSPS) is 16.3. The average molecular weight is 518 g/mol. The van der Waals surface area contributed by atoms with E-state index in [0.717, 1.165) is 49.8 Å². The monoisotopic (exact) mass is 517 g/mol. The summed E-state index contributed by atoms with van der Waals surface area (Å²) in [5.41, 5.74) is 1.42. The standard InChI is InChI=1S/C28H31ClF3N3O/c1-34(27(25-7-4-5-15-33-25)22-9-11-23(29)12-10-22)20-21-13-16-35(17-14-21)18-19-36-26-8-3-2-6-24(26)28(30,31)32/h2-12,15,21,27H,13-14,16-20H2,1H3/t27-/m1/s1. The minimum atomic E-state index is -4.42. The van der Waals surface area contributed by atoms with Crippen LogP contribution in [0.4, 0.5) is 13.2 Å². The molecule has 0 N–H and O–H groups in total. The number of hydrogen-bond acceptors (Lipinski definition) is 4. The van der Waals surface area contributed by atoms with Gasteiger partial charge in [-0.15, -0.1) is 0 Å². The molecule has 3 aromatic rings. The van der Waals surface area contributed by atoms with Gasteiger partial charge in [-0.25, -0.2) is 0 Å². The summed E-state index contributed by atoms with van der Waals surface area (Å²) in [6.07, 6.45) is -0.544. The first kappa shape index (κ1) is 26.5. The minimum absolute atomic E-state index is 0.0311. The fourth-order valence-electron chi connectivity index (χ4n) is 4.85. The Labute approximate surface area is 215 Å². The van der Waals surface area contributed by atoms with Crippen LogP contribution in [0.15, 0.2) is 72.9 Å². The van der Waals surface area contributed by atoms with E-state index in [4.69, 9.17) is 16.3 Å². The van der Waals surface area contributed by atoms with Gasteiger partial charge >= 0.3 is 6.18 Å². The number of para-hydroxylation sites is 1. The molecule has 0 bridgehead atoms. The lowest BCUT2D eigenvalue weighted by Crippen LogP contribution is -2.40. The van der Waals surface area contributed by atoms with Crippen LogP contribution in [0.25, 0.3) is 0 Å². The SMILES string of the molecule is CN(CC1CCN(CCOc2ccccc2C(F)(F)F)CC1)[C@H](c1ccc(Cl)cc1)c1ccccn1. The zero-order valence-electron chi connectivity index (χ0n) is 20.3. The molecule has 192 valence electrons. The lowest BCUT2D eigenvalue weighted by atomic mass is 9.94. The van der Waals surface area contributed by atoms with E-state index < -0.39 is 11.7 Å². The lowest BCUT2D eigenvalue weighted by Gasteiger charge is -2.36. The molecule has 2 heterocycles. The molecule has 1 atom stereocenters. The first-order chi connectivity index (χ1) is 17.3. The van der Waals surface area contributed by atoms with E-state index in [1.54, 1.807) is 6.07 Å². The average Bonchev–Trinajstić information content (AvgIpc) is 2.87. The van der Waals surface area contributed by atoms with Crippen molar-refractivity contribution in [1.29, 1.82) is 0 Å². The molecule has 0 aliphatic carbocycles. The molecule has 1 aliphatic heterocycles. The van der Waals surface area contributed by atoms with Crippen LogP contribution >= 0.6 is 11.6 Å². The fourth-order valence-corrected chi connectivity index (χ4v) is 4.98. The van der Waals surface area contributed by atoms with E-state index in [0.29, 0.717) is 17.5 Å². The van der Waals surface area contributed by atoms with Gasteiger partial charge in [0.05, 0.1) is 17.3 Å². The van der Waals surface area contributed by atoms with Crippen molar-refractivity contribution in [1.82, 2.24) is 14.8 Å². The number of pyridine rings is 1. The highest BCUT2D eigenvalue weighted by Crippen LogP contribution is 2.36. The molecule has 0 radical (unpaired) electrons. The molecule has 4 rings (SSSR count). The van der Waals surface area contributed by atoms with Gasteiger partial charge in [0.25, 0.3) is 0 Å². The van der Waals surface area contributed by atoms with Crippen molar-refractivity contribution in [2.24, 2.45) is 5.92 Å². The summed E-state index contributed by atoms with van der Waals surface area (Å²) < 4.78 is 45.0. The number of benzene rings is 2. The molecule has 1 aromatic heterocycles. The number of nitrogens with zero attached hydrogens (tertiary/aromatic N) is 3. The van der Waals surface area contributed by atoms with E-state index in [2.05, 4.69) is 40.0 Å². The third-order valence-corrected chi connectivity index (χ3v) is 6.96. The maximum atomic E-state index is 13.2. The van der Waals surface area contributed by atoms with Crippen LogP contribution < -0.4 is 4.74 Å². The van der Waals surface area contributed by atoms with Crippen LogP contribution in [0.2, 0.25) is 5.02 Å². The van der Waals surface area contributed by atoms with Gasteiger partial charge in [0.1, 0.15) is 12.4 Å². The van der Waals surface area contributed by atoms with Crippen molar-refractivity contribution < 1.29 is 17.9 Å². The first-order valence-electron chi connectivity index (χ1n) is 12.2. The number of ether oxygens (including phenoxy) is 1. The second-order valence-corrected chi connectivity index (χ2v) is 9.71. The van der Waals surface area contributed by atoms with Crippen molar-refractivity contribution >= 4 is 11.6 Å². The van der Waals surface area contributed by atoms with E-state index >= 15 is 0 Å². The van der Waals surface area contributed by atoms with Gasteiger partial charge < -0.3 is 4.74 Å². The Morgan fingerprint density at radius 2 is 1.72 bits per heavy atom. The topological polar surface area (TPSA) is 28.6 Å². The van der Waals surface area contributed by atoms with Gasteiger partial charge in [-0.05, 0) is 80.9 Å². The second-order valence-electron chi connectivity index (χ2n) is 9.28. The quantitative estimate of drug-likeness (QED) is 0.321. The van der Waals surface area contributed by atoms with Crippen LogP contribution in [-0.4, -0.2) is 54.6 Å². The molecule has 0 amide bonds. The fraction of sp³-hybridized carbons (Fsp3) is 0.393. The highest BCUT2D eigenvalue weighted by molar-refractivity contribution is 6.30. The zero-order valence-corrected chi connectivity index (χ0v) is 21.1. The maximum Gasteiger partial charge on any atom is 0.419 e. The molecule has 1 aliphatic rings. The smallest absolute Gasteiger partial charge is 0.419 e. The number of hydrogen-bond donors (Lipinski definition) is 0. The Morgan fingerprint density at radius 3 is 2.39 bits per heavy atom. The molecule has 4 nitrogen and oxygen atoms in total. The molecule has 0 saturated carbocycles. The molecule has 0 spiro atoms. The van der Waals surface area contributed by atoms with E-state index in [9.17, 15) is 13.2 Å². The maximum absolute atomic E-state index is 13.2. The predicted octanol–water partition coefficient (Wildman–Crippen LogP) is 6.57. The van der Waals surface area contributed by atoms with Gasteiger partial charge in [0, 0.05) is 24.3 Å². The number of alkyl halides is 3. The summed E-state index contributed by atoms with van der Waals surface area (Å²) in [7, 11) is 2.13. The van der Waals surface area contributed by atoms with E-state index in [-0.39, 0.29) is 18.4 Å². The number of rotatable bonds is 9. The molecule has 1 saturated heterocycles. The summed E-state index contributed by atoms with van der Waals surface area (Å²) in [5, 5.41) is 0.708. The van der Waals surface area contributed by atoms with Gasteiger partial charge in [-0.3, -0.25) is 14.8 Å².